The molecule has 0 spiro atoms. The first-order valence-corrected chi connectivity index (χ1v) is 5.06. The molecule has 1 heterocycles. The number of nitrogens with one attached hydrogen (secondary N) is 1. The lowest BCUT2D eigenvalue weighted by molar-refractivity contribution is 0.362. The van der Waals surface area contributed by atoms with Crippen LogP contribution in [0.1, 0.15) is 25.6 Å². The first-order valence-electron chi connectivity index (χ1n) is 5.06. The molecule has 1 unspecified atom stereocenters. The lowest BCUT2D eigenvalue weighted by Gasteiger charge is -2.21. The Hall–Kier alpha value is -0.970. The molecule has 0 amide bonds. The zero-order valence-corrected chi connectivity index (χ0v) is 8.99. The Morgan fingerprint density at radius 2 is 2.29 bits per heavy atom. The molecular weight excluding hydrogens is 178 g/mol. The van der Waals surface area contributed by atoms with Crippen LogP contribution in [0.15, 0.2) is 0 Å². The molecule has 14 heavy (non-hydrogen) atoms. The maximum absolute atomic E-state index is 4.22. The van der Waals surface area contributed by atoms with E-state index >= 15 is 0 Å². The molecule has 1 aliphatic carbocycles. The van der Waals surface area contributed by atoms with Gasteiger partial charge in [0.25, 0.3) is 0 Å². The van der Waals surface area contributed by atoms with Crippen molar-refractivity contribution in [3.05, 3.63) is 5.82 Å². The topological polar surface area (TPSA) is 55.6 Å². The van der Waals surface area contributed by atoms with Crippen LogP contribution < -0.4 is 5.32 Å². The monoisotopic (exact) mass is 195 g/mol. The van der Waals surface area contributed by atoms with Gasteiger partial charge in [0.15, 0.2) is 5.82 Å². The number of rotatable bonds is 4. The summed E-state index contributed by atoms with van der Waals surface area (Å²) in [5.74, 6) is 0.868. The number of tetrazole rings is 1. The summed E-state index contributed by atoms with van der Waals surface area (Å²) in [5, 5.41) is 15.4. The van der Waals surface area contributed by atoms with Crippen LogP contribution in [0.2, 0.25) is 0 Å². The highest BCUT2D eigenvalue weighted by atomic mass is 15.6. The Balaban J connectivity index is 2.04. The summed E-state index contributed by atoms with van der Waals surface area (Å²) in [4.78, 5) is 1.52. The minimum atomic E-state index is 0.387. The lowest BCUT2D eigenvalue weighted by atomic mass is 9.94. The van der Waals surface area contributed by atoms with Gasteiger partial charge in [0, 0.05) is 12.5 Å². The molecule has 2 rings (SSSR count). The highest BCUT2D eigenvalue weighted by Gasteiger charge is 2.47. The minimum absolute atomic E-state index is 0.387. The predicted octanol–water partition coefficient (Wildman–Crippen LogP) is 0.141. The molecule has 1 atom stereocenters. The highest BCUT2D eigenvalue weighted by Crippen LogP contribution is 2.50. The zero-order valence-electron chi connectivity index (χ0n) is 8.99. The second-order valence-corrected chi connectivity index (χ2v) is 4.24. The SMILES string of the molecule is CNC(C)C1(Cc2nnn(C)n2)CC1. The summed E-state index contributed by atoms with van der Waals surface area (Å²) < 4.78 is 0. The van der Waals surface area contributed by atoms with Gasteiger partial charge in [-0.1, -0.05) is 0 Å². The molecule has 0 aromatic carbocycles. The van der Waals surface area contributed by atoms with Crippen LogP contribution in [0.4, 0.5) is 0 Å². The van der Waals surface area contributed by atoms with E-state index in [0.717, 1.165) is 12.2 Å². The summed E-state index contributed by atoms with van der Waals surface area (Å²) in [6, 6.07) is 0.534. The Morgan fingerprint density at radius 3 is 2.71 bits per heavy atom. The second kappa shape index (κ2) is 3.31. The van der Waals surface area contributed by atoms with Crippen molar-refractivity contribution in [2.75, 3.05) is 7.05 Å². The molecule has 1 aromatic rings. The van der Waals surface area contributed by atoms with Crippen molar-refractivity contribution < 1.29 is 0 Å². The quantitative estimate of drug-likeness (QED) is 0.742. The summed E-state index contributed by atoms with van der Waals surface area (Å²) in [6.07, 6.45) is 3.49. The smallest absolute Gasteiger partial charge is 0.175 e. The van der Waals surface area contributed by atoms with Gasteiger partial charge in [-0.25, -0.2) is 0 Å². The Morgan fingerprint density at radius 1 is 1.57 bits per heavy atom. The summed E-state index contributed by atoms with van der Waals surface area (Å²) in [5.41, 5.74) is 0.387. The second-order valence-electron chi connectivity index (χ2n) is 4.24. The summed E-state index contributed by atoms with van der Waals surface area (Å²) >= 11 is 0. The summed E-state index contributed by atoms with van der Waals surface area (Å²) in [6.45, 7) is 2.23. The molecule has 1 N–H and O–H groups in total. The fraction of sp³-hybridized carbons (Fsp3) is 0.889. The van der Waals surface area contributed by atoms with E-state index in [1.54, 1.807) is 7.05 Å². The molecule has 1 aliphatic rings. The first kappa shape index (κ1) is 9.58. The molecule has 78 valence electrons. The molecule has 5 nitrogen and oxygen atoms in total. The molecule has 0 bridgehead atoms. The van der Waals surface area contributed by atoms with Crippen molar-refractivity contribution in [1.29, 1.82) is 0 Å². The third kappa shape index (κ3) is 1.64. The van der Waals surface area contributed by atoms with Crippen LogP contribution in [-0.2, 0) is 13.5 Å². The van der Waals surface area contributed by atoms with Gasteiger partial charge in [-0.15, -0.1) is 10.2 Å². The standard InChI is InChI=1S/C9H17N5/c1-7(10-2)9(4-5-9)6-8-11-13-14(3)12-8/h7,10H,4-6H2,1-3H3. The van der Waals surface area contributed by atoms with E-state index in [1.165, 1.54) is 17.6 Å². The number of aryl methyl sites for hydroxylation is 1. The predicted molar refractivity (Wildman–Crippen MR) is 52.7 cm³/mol. The molecule has 0 aliphatic heterocycles. The van der Waals surface area contributed by atoms with E-state index in [-0.39, 0.29) is 0 Å². The van der Waals surface area contributed by atoms with Crippen molar-refractivity contribution >= 4 is 0 Å². The zero-order chi connectivity index (χ0) is 10.2. The van der Waals surface area contributed by atoms with Gasteiger partial charge in [0.05, 0.1) is 7.05 Å². The Bertz CT molecular complexity index is 315. The van der Waals surface area contributed by atoms with Crippen LogP contribution in [0.25, 0.3) is 0 Å². The molecule has 1 saturated carbocycles. The van der Waals surface area contributed by atoms with Crippen molar-refractivity contribution in [2.24, 2.45) is 12.5 Å². The minimum Gasteiger partial charge on any atom is -0.317 e. The summed E-state index contributed by atoms with van der Waals surface area (Å²) in [7, 11) is 3.81. The van der Waals surface area contributed by atoms with Crippen molar-refractivity contribution in [1.82, 2.24) is 25.5 Å². The largest absolute Gasteiger partial charge is 0.317 e. The van der Waals surface area contributed by atoms with E-state index in [1.807, 2.05) is 7.05 Å². The lowest BCUT2D eigenvalue weighted by Crippen LogP contribution is -2.33. The van der Waals surface area contributed by atoms with Gasteiger partial charge < -0.3 is 5.32 Å². The van der Waals surface area contributed by atoms with Crippen molar-refractivity contribution in [3.8, 4) is 0 Å². The van der Waals surface area contributed by atoms with Crippen LogP contribution in [0.3, 0.4) is 0 Å². The Labute approximate surface area is 83.9 Å². The van der Waals surface area contributed by atoms with Crippen molar-refractivity contribution in [3.63, 3.8) is 0 Å². The number of hydrogen-bond acceptors (Lipinski definition) is 4. The fourth-order valence-electron chi connectivity index (χ4n) is 1.94. The van der Waals surface area contributed by atoms with Gasteiger partial charge in [0.1, 0.15) is 0 Å². The van der Waals surface area contributed by atoms with E-state index in [2.05, 4.69) is 27.7 Å². The van der Waals surface area contributed by atoms with Gasteiger partial charge in [-0.05, 0) is 37.4 Å². The highest BCUT2D eigenvalue weighted by molar-refractivity contribution is 5.05. The van der Waals surface area contributed by atoms with Gasteiger partial charge in [-0.2, -0.15) is 4.80 Å². The maximum atomic E-state index is 4.22. The third-order valence-electron chi connectivity index (χ3n) is 3.30. The van der Waals surface area contributed by atoms with Gasteiger partial charge >= 0.3 is 0 Å². The van der Waals surface area contributed by atoms with Crippen molar-refractivity contribution in [2.45, 2.75) is 32.2 Å². The van der Waals surface area contributed by atoms with Crippen LogP contribution in [0, 0.1) is 5.41 Å². The molecule has 0 saturated heterocycles. The number of hydrogen-bond donors (Lipinski definition) is 1. The average Bonchev–Trinajstić information content (AvgIpc) is 2.84. The van der Waals surface area contributed by atoms with Crippen LogP contribution >= 0.6 is 0 Å². The number of nitrogens with zero attached hydrogens (tertiary/aromatic N) is 4. The van der Waals surface area contributed by atoms with E-state index in [4.69, 9.17) is 0 Å². The van der Waals surface area contributed by atoms with Crippen LogP contribution in [0.5, 0.6) is 0 Å². The normalized spacial score (nSPS) is 20.8. The molecule has 5 heteroatoms. The van der Waals surface area contributed by atoms with E-state index < -0.39 is 0 Å². The number of aromatic nitrogens is 4. The average molecular weight is 195 g/mol. The molecule has 1 fully saturated rings. The van der Waals surface area contributed by atoms with Gasteiger partial charge in [-0.3, -0.25) is 0 Å². The Kier molecular flexibility index (Phi) is 2.26. The molecule has 0 radical (unpaired) electrons. The fourth-order valence-corrected chi connectivity index (χ4v) is 1.94. The van der Waals surface area contributed by atoms with E-state index in [0.29, 0.717) is 11.5 Å². The third-order valence-corrected chi connectivity index (χ3v) is 3.30. The molecular formula is C9H17N5. The van der Waals surface area contributed by atoms with E-state index in [9.17, 15) is 0 Å². The van der Waals surface area contributed by atoms with Crippen LogP contribution in [-0.4, -0.2) is 33.3 Å². The van der Waals surface area contributed by atoms with Gasteiger partial charge in [0.2, 0.25) is 0 Å². The maximum Gasteiger partial charge on any atom is 0.175 e. The first-order chi connectivity index (χ1) is 6.66. The molecule has 1 aromatic heterocycles.